The van der Waals surface area contributed by atoms with E-state index in [1.165, 1.54) is 0 Å². The van der Waals surface area contributed by atoms with Crippen LogP contribution in [0.1, 0.15) is 25.5 Å². The van der Waals surface area contributed by atoms with Crippen LogP contribution in [-0.4, -0.2) is 31.8 Å². The molecule has 0 bridgehead atoms. The number of thiocarbonyl (C=S) groups is 1. The van der Waals surface area contributed by atoms with E-state index in [4.69, 9.17) is 26.4 Å². The fraction of sp³-hybridized carbons (Fsp3) is 0.273. The van der Waals surface area contributed by atoms with Crippen LogP contribution in [-0.2, 0) is 4.79 Å². The number of hydrogen-bond acceptors (Lipinski definition) is 5. The number of carbonyl (C=O) groups is 1. The summed E-state index contributed by atoms with van der Waals surface area (Å²) in [5.41, 5.74) is 2.63. The highest BCUT2D eigenvalue weighted by molar-refractivity contribution is 7.80. The number of nitrogens with one attached hydrogen (secondary N) is 3. The molecule has 2 aromatic carbocycles. The Morgan fingerprint density at radius 1 is 1.10 bits per heavy atom. The second-order valence-corrected chi connectivity index (χ2v) is 7.00. The van der Waals surface area contributed by atoms with E-state index < -0.39 is 6.04 Å². The van der Waals surface area contributed by atoms with Crippen molar-refractivity contribution in [3.8, 4) is 17.2 Å². The summed E-state index contributed by atoms with van der Waals surface area (Å²) < 4.78 is 16.3. The Hall–Kier alpha value is -3.26. The van der Waals surface area contributed by atoms with Gasteiger partial charge >= 0.3 is 0 Å². The van der Waals surface area contributed by atoms with Gasteiger partial charge in [-0.1, -0.05) is 0 Å². The summed E-state index contributed by atoms with van der Waals surface area (Å²) in [6.07, 6.45) is 0. The highest BCUT2D eigenvalue weighted by Crippen LogP contribution is 2.35. The highest BCUT2D eigenvalue weighted by Gasteiger charge is 2.32. The number of ether oxygens (including phenoxy) is 3. The van der Waals surface area contributed by atoms with Crippen LogP contribution in [0.15, 0.2) is 53.7 Å². The van der Waals surface area contributed by atoms with E-state index in [0.717, 1.165) is 11.3 Å². The molecular weight excluding hydrogens is 402 g/mol. The Bertz CT molecular complexity index is 973. The van der Waals surface area contributed by atoms with E-state index in [-0.39, 0.29) is 5.91 Å². The van der Waals surface area contributed by atoms with Crippen LogP contribution in [0.4, 0.5) is 5.69 Å². The Labute approximate surface area is 181 Å². The van der Waals surface area contributed by atoms with Gasteiger partial charge in [0.1, 0.15) is 17.2 Å². The van der Waals surface area contributed by atoms with E-state index in [9.17, 15) is 4.79 Å². The lowest BCUT2D eigenvalue weighted by Crippen LogP contribution is -2.45. The molecule has 0 aromatic heterocycles. The Morgan fingerprint density at radius 2 is 1.80 bits per heavy atom. The quantitative estimate of drug-likeness (QED) is 0.583. The average Bonchev–Trinajstić information content (AvgIpc) is 2.74. The zero-order valence-corrected chi connectivity index (χ0v) is 18.2. The SMILES string of the molecule is CCOc1ccc(NC(=O)C2=C(C)NC(=S)N[C@H]2c2ccc(OC)cc2OC)cc1. The smallest absolute Gasteiger partial charge is 0.255 e. The van der Waals surface area contributed by atoms with Crippen LogP contribution >= 0.6 is 12.2 Å². The first-order valence-electron chi connectivity index (χ1n) is 9.51. The maximum absolute atomic E-state index is 13.2. The maximum atomic E-state index is 13.2. The summed E-state index contributed by atoms with van der Waals surface area (Å²) in [5.74, 6) is 1.75. The lowest BCUT2D eigenvalue weighted by molar-refractivity contribution is -0.113. The average molecular weight is 428 g/mol. The van der Waals surface area contributed by atoms with Crippen molar-refractivity contribution >= 4 is 28.9 Å². The first-order valence-corrected chi connectivity index (χ1v) is 9.92. The van der Waals surface area contributed by atoms with Gasteiger partial charge in [-0.25, -0.2) is 0 Å². The van der Waals surface area contributed by atoms with E-state index >= 15 is 0 Å². The molecule has 0 fully saturated rings. The molecule has 3 rings (SSSR count). The van der Waals surface area contributed by atoms with Crippen molar-refractivity contribution in [1.29, 1.82) is 0 Å². The second-order valence-electron chi connectivity index (χ2n) is 6.59. The minimum absolute atomic E-state index is 0.248. The van der Waals surface area contributed by atoms with Gasteiger partial charge in [-0.05, 0) is 62.5 Å². The van der Waals surface area contributed by atoms with Crippen LogP contribution in [0.2, 0.25) is 0 Å². The molecule has 0 saturated heterocycles. The standard InChI is InChI=1S/C22H25N3O4S/c1-5-29-15-8-6-14(7-9-15)24-21(26)19-13(2)23-22(30)25-20(19)17-11-10-16(27-3)12-18(17)28-4/h6-12,20H,5H2,1-4H3,(H,24,26)(H2,23,25,30)/t20-/m0/s1. The molecule has 0 aliphatic carbocycles. The Kier molecular flexibility index (Phi) is 6.79. The predicted octanol–water partition coefficient (Wildman–Crippen LogP) is 3.53. The van der Waals surface area contributed by atoms with Crippen LogP contribution in [0.3, 0.4) is 0 Å². The van der Waals surface area contributed by atoms with Gasteiger partial charge in [0.25, 0.3) is 5.91 Å². The number of benzene rings is 2. The minimum atomic E-state index is -0.484. The maximum Gasteiger partial charge on any atom is 0.255 e. The van der Waals surface area contributed by atoms with Crippen molar-refractivity contribution in [3.05, 3.63) is 59.3 Å². The fourth-order valence-corrected chi connectivity index (χ4v) is 3.56. The first kappa shape index (κ1) is 21.4. The van der Waals surface area contributed by atoms with Gasteiger partial charge in [0, 0.05) is 23.0 Å². The number of rotatable bonds is 7. The molecule has 7 nitrogen and oxygen atoms in total. The summed E-state index contributed by atoms with van der Waals surface area (Å²) in [6.45, 7) is 4.33. The number of carbonyl (C=O) groups excluding carboxylic acids is 1. The van der Waals surface area contributed by atoms with Crippen LogP contribution in [0.5, 0.6) is 17.2 Å². The molecule has 0 unspecified atom stereocenters. The lowest BCUT2D eigenvalue weighted by atomic mass is 9.94. The molecule has 8 heteroatoms. The molecule has 2 aromatic rings. The minimum Gasteiger partial charge on any atom is -0.497 e. The molecule has 158 valence electrons. The zero-order valence-electron chi connectivity index (χ0n) is 17.4. The van der Waals surface area contributed by atoms with Gasteiger partial charge in [-0.3, -0.25) is 4.79 Å². The van der Waals surface area contributed by atoms with Gasteiger partial charge in [0.2, 0.25) is 0 Å². The third-order valence-corrected chi connectivity index (χ3v) is 4.91. The van der Waals surface area contributed by atoms with Crippen molar-refractivity contribution in [2.75, 3.05) is 26.1 Å². The van der Waals surface area contributed by atoms with E-state index in [1.807, 2.05) is 38.1 Å². The number of hydrogen-bond donors (Lipinski definition) is 3. The normalized spacial score (nSPS) is 15.7. The van der Waals surface area contributed by atoms with Crippen molar-refractivity contribution in [2.45, 2.75) is 19.9 Å². The predicted molar refractivity (Wildman–Crippen MR) is 120 cm³/mol. The van der Waals surface area contributed by atoms with Crippen molar-refractivity contribution in [2.24, 2.45) is 0 Å². The third kappa shape index (κ3) is 4.65. The number of allylic oxidation sites excluding steroid dienone is 1. The van der Waals surface area contributed by atoms with Crippen LogP contribution in [0, 0.1) is 0 Å². The van der Waals surface area contributed by atoms with Gasteiger partial charge in [0.15, 0.2) is 5.11 Å². The molecule has 1 amide bonds. The van der Waals surface area contributed by atoms with E-state index in [1.54, 1.807) is 32.4 Å². The van der Waals surface area contributed by atoms with Gasteiger partial charge < -0.3 is 30.2 Å². The molecule has 1 heterocycles. The number of anilines is 1. The summed E-state index contributed by atoms with van der Waals surface area (Å²) in [5, 5.41) is 9.60. The topological polar surface area (TPSA) is 80.9 Å². The molecule has 0 radical (unpaired) electrons. The fourth-order valence-electron chi connectivity index (χ4n) is 3.28. The molecule has 1 aliphatic rings. The van der Waals surface area contributed by atoms with Gasteiger partial charge in [-0.15, -0.1) is 0 Å². The third-order valence-electron chi connectivity index (χ3n) is 4.69. The molecule has 0 spiro atoms. The number of methoxy groups -OCH3 is 2. The molecule has 0 saturated carbocycles. The van der Waals surface area contributed by atoms with E-state index in [0.29, 0.717) is 40.2 Å². The van der Waals surface area contributed by atoms with Crippen molar-refractivity contribution < 1.29 is 19.0 Å². The molecule has 3 N–H and O–H groups in total. The van der Waals surface area contributed by atoms with Crippen LogP contribution < -0.4 is 30.2 Å². The van der Waals surface area contributed by atoms with E-state index in [2.05, 4.69) is 16.0 Å². The largest absolute Gasteiger partial charge is 0.497 e. The molecular formula is C22H25N3O4S. The summed E-state index contributed by atoms with van der Waals surface area (Å²) in [4.78, 5) is 13.2. The van der Waals surface area contributed by atoms with Crippen LogP contribution in [0.25, 0.3) is 0 Å². The Balaban J connectivity index is 1.93. The van der Waals surface area contributed by atoms with Crippen molar-refractivity contribution in [3.63, 3.8) is 0 Å². The summed E-state index contributed by atoms with van der Waals surface area (Å²) in [6, 6.07) is 12.2. The summed E-state index contributed by atoms with van der Waals surface area (Å²) in [7, 11) is 3.17. The lowest BCUT2D eigenvalue weighted by Gasteiger charge is -2.31. The monoisotopic (exact) mass is 427 g/mol. The number of amides is 1. The van der Waals surface area contributed by atoms with Crippen molar-refractivity contribution in [1.82, 2.24) is 10.6 Å². The first-order chi connectivity index (χ1) is 14.5. The zero-order chi connectivity index (χ0) is 21.7. The second kappa shape index (κ2) is 9.49. The van der Waals surface area contributed by atoms with Gasteiger partial charge in [0.05, 0.1) is 32.4 Å². The summed E-state index contributed by atoms with van der Waals surface area (Å²) >= 11 is 5.33. The molecule has 30 heavy (non-hydrogen) atoms. The Morgan fingerprint density at radius 3 is 2.43 bits per heavy atom. The highest BCUT2D eigenvalue weighted by atomic mass is 32.1. The molecule has 1 atom stereocenters. The molecule has 1 aliphatic heterocycles. The van der Waals surface area contributed by atoms with Gasteiger partial charge in [-0.2, -0.15) is 0 Å².